The smallest absolute Gasteiger partial charge is 0.327 e. The Labute approximate surface area is 106 Å². The molecule has 0 aliphatic rings. The first kappa shape index (κ1) is 11.3. The molecule has 0 aliphatic heterocycles. The van der Waals surface area contributed by atoms with Crippen molar-refractivity contribution in [3.05, 3.63) is 44.6 Å². The van der Waals surface area contributed by atoms with Crippen molar-refractivity contribution in [2.75, 3.05) is 0 Å². The largest absolute Gasteiger partial charge is 0.507 e. The number of nitrogens with one attached hydrogen (secondary N) is 3. The molecule has 7 nitrogen and oxygen atoms in total. The zero-order valence-corrected chi connectivity index (χ0v) is 9.94. The molecule has 0 radical (unpaired) electrons. The van der Waals surface area contributed by atoms with E-state index in [1.807, 2.05) is 0 Å². The highest BCUT2D eigenvalue weighted by molar-refractivity contribution is 5.77. The molecule has 96 valence electrons. The van der Waals surface area contributed by atoms with Gasteiger partial charge in [-0.3, -0.25) is 14.8 Å². The Hall–Kier alpha value is -2.83. The van der Waals surface area contributed by atoms with Gasteiger partial charge in [0.2, 0.25) is 0 Å². The number of aryl methyl sites for hydroxylation is 1. The normalized spacial score (nSPS) is 11.0. The van der Waals surface area contributed by atoms with Gasteiger partial charge < -0.3 is 10.1 Å². The number of phenols is 1. The van der Waals surface area contributed by atoms with E-state index in [2.05, 4.69) is 19.9 Å². The Bertz CT molecular complexity index is 888. The Morgan fingerprint density at radius 3 is 2.74 bits per heavy atom. The van der Waals surface area contributed by atoms with Crippen molar-refractivity contribution in [3.8, 4) is 17.1 Å². The fourth-order valence-electron chi connectivity index (χ4n) is 1.91. The number of aromatic nitrogens is 4. The van der Waals surface area contributed by atoms with Crippen molar-refractivity contribution in [2.45, 2.75) is 6.92 Å². The number of aromatic amines is 3. The average Bonchev–Trinajstić information content (AvgIpc) is 2.76. The van der Waals surface area contributed by atoms with E-state index in [4.69, 9.17) is 0 Å². The molecule has 0 atom stereocenters. The van der Waals surface area contributed by atoms with Crippen molar-refractivity contribution in [1.82, 2.24) is 19.9 Å². The molecular formula is C12H10N4O3. The number of H-pyrrole nitrogens is 3. The maximum Gasteiger partial charge on any atom is 0.327 e. The molecule has 19 heavy (non-hydrogen) atoms. The maximum atomic E-state index is 11.6. The lowest BCUT2D eigenvalue weighted by Crippen LogP contribution is -2.21. The molecule has 2 aromatic heterocycles. The van der Waals surface area contributed by atoms with E-state index in [9.17, 15) is 14.7 Å². The van der Waals surface area contributed by atoms with Gasteiger partial charge in [-0.05, 0) is 18.6 Å². The van der Waals surface area contributed by atoms with Crippen LogP contribution >= 0.6 is 0 Å². The third-order valence-electron chi connectivity index (χ3n) is 2.88. The first-order valence-corrected chi connectivity index (χ1v) is 5.57. The average molecular weight is 258 g/mol. The molecule has 0 saturated carbocycles. The minimum atomic E-state index is -0.621. The number of para-hydroxylation sites is 1. The topological polar surface area (TPSA) is 115 Å². The number of rotatable bonds is 1. The number of phenolic OH excluding ortho intramolecular Hbond substituents is 1. The molecule has 0 bridgehead atoms. The second-order valence-corrected chi connectivity index (χ2v) is 4.19. The van der Waals surface area contributed by atoms with Gasteiger partial charge in [-0.15, -0.1) is 0 Å². The summed E-state index contributed by atoms with van der Waals surface area (Å²) < 4.78 is 0. The summed E-state index contributed by atoms with van der Waals surface area (Å²) in [5.41, 5.74) is 0.311. The minimum Gasteiger partial charge on any atom is -0.507 e. The van der Waals surface area contributed by atoms with Gasteiger partial charge in [0.25, 0.3) is 5.56 Å². The van der Waals surface area contributed by atoms with Crippen LogP contribution in [-0.2, 0) is 0 Å². The fraction of sp³-hybridized carbons (Fsp3) is 0.0833. The van der Waals surface area contributed by atoms with E-state index in [-0.39, 0.29) is 16.9 Å². The lowest BCUT2D eigenvalue weighted by atomic mass is 10.1. The highest BCUT2D eigenvalue weighted by Crippen LogP contribution is 2.29. The zero-order chi connectivity index (χ0) is 13.6. The Balaban J connectivity index is 2.33. The number of nitrogens with zero attached hydrogens (tertiary/aromatic N) is 1. The fourth-order valence-corrected chi connectivity index (χ4v) is 1.91. The number of benzene rings is 1. The number of hydrogen-bond donors (Lipinski definition) is 4. The summed E-state index contributed by atoms with van der Waals surface area (Å²) in [5, 5.41) is 9.98. The molecule has 7 heteroatoms. The first-order valence-electron chi connectivity index (χ1n) is 5.57. The number of fused-ring (bicyclic) bond motifs is 1. The first-order chi connectivity index (χ1) is 9.06. The summed E-state index contributed by atoms with van der Waals surface area (Å²) >= 11 is 0. The van der Waals surface area contributed by atoms with Crippen LogP contribution in [0.3, 0.4) is 0 Å². The summed E-state index contributed by atoms with van der Waals surface area (Å²) in [5.74, 6) is 0.406. The summed E-state index contributed by atoms with van der Waals surface area (Å²) in [6, 6.07) is 5.20. The third kappa shape index (κ3) is 1.71. The highest BCUT2D eigenvalue weighted by atomic mass is 16.3. The molecule has 3 rings (SSSR count). The van der Waals surface area contributed by atoms with Gasteiger partial charge in [0.1, 0.15) is 17.1 Å². The number of aromatic hydroxyl groups is 1. The van der Waals surface area contributed by atoms with Crippen LogP contribution in [0.5, 0.6) is 5.75 Å². The van der Waals surface area contributed by atoms with Gasteiger partial charge >= 0.3 is 5.69 Å². The molecule has 0 fully saturated rings. The van der Waals surface area contributed by atoms with Crippen molar-refractivity contribution >= 4 is 11.2 Å². The molecular weight excluding hydrogens is 248 g/mol. The second-order valence-electron chi connectivity index (χ2n) is 4.19. The van der Waals surface area contributed by atoms with Crippen molar-refractivity contribution < 1.29 is 5.11 Å². The lowest BCUT2D eigenvalue weighted by molar-refractivity contribution is 0.473. The number of imidazole rings is 1. The zero-order valence-electron chi connectivity index (χ0n) is 9.94. The Morgan fingerprint density at radius 1 is 1.16 bits per heavy atom. The summed E-state index contributed by atoms with van der Waals surface area (Å²) in [6.07, 6.45) is 0. The highest BCUT2D eigenvalue weighted by Gasteiger charge is 2.13. The van der Waals surface area contributed by atoms with Crippen LogP contribution < -0.4 is 11.2 Å². The van der Waals surface area contributed by atoms with E-state index in [0.717, 1.165) is 0 Å². The van der Waals surface area contributed by atoms with Crippen molar-refractivity contribution in [1.29, 1.82) is 0 Å². The molecule has 3 aromatic rings. The van der Waals surface area contributed by atoms with Crippen LogP contribution in [0.4, 0.5) is 0 Å². The van der Waals surface area contributed by atoms with Crippen molar-refractivity contribution in [3.63, 3.8) is 0 Å². The van der Waals surface area contributed by atoms with Gasteiger partial charge in [-0.2, -0.15) is 0 Å². The summed E-state index contributed by atoms with van der Waals surface area (Å²) in [7, 11) is 0. The van der Waals surface area contributed by atoms with Gasteiger partial charge in [-0.1, -0.05) is 12.1 Å². The standard InChI is InChI=1S/C12H10N4O3/c1-5-3-2-4-6(8(5)17)9-13-7-10(14-9)15-12(19)16-11(7)18/h2-4,17H,1H3,(H3,13,14,15,16,18,19). The van der Waals surface area contributed by atoms with Gasteiger partial charge in [0, 0.05) is 0 Å². The third-order valence-corrected chi connectivity index (χ3v) is 2.88. The summed E-state index contributed by atoms with van der Waals surface area (Å²) in [6.45, 7) is 1.76. The van der Waals surface area contributed by atoms with E-state index in [1.54, 1.807) is 25.1 Å². The van der Waals surface area contributed by atoms with E-state index in [1.165, 1.54) is 0 Å². The predicted molar refractivity (Wildman–Crippen MR) is 69.2 cm³/mol. The molecule has 2 heterocycles. The van der Waals surface area contributed by atoms with E-state index < -0.39 is 11.2 Å². The van der Waals surface area contributed by atoms with E-state index in [0.29, 0.717) is 17.0 Å². The Morgan fingerprint density at radius 2 is 1.95 bits per heavy atom. The lowest BCUT2D eigenvalue weighted by Gasteiger charge is -2.03. The maximum absolute atomic E-state index is 11.6. The Kier molecular flexibility index (Phi) is 2.28. The van der Waals surface area contributed by atoms with Crippen LogP contribution in [0.1, 0.15) is 5.56 Å². The van der Waals surface area contributed by atoms with E-state index >= 15 is 0 Å². The molecule has 0 amide bonds. The molecule has 4 N–H and O–H groups in total. The summed E-state index contributed by atoms with van der Waals surface area (Å²) in [4.78, 5) is 34.2. The SMILES string of the molecule is Cc1cccc(-c2nc3[nH]c(=O)[nH]c(=O)c3[nH]2)c1O. The molecule has 0 spiro atoms. The molecule has 1 aromatic carbocycles. The second kappa shape index (κ2) is 3.84. The predicted octanol–water partition coefficient (Wildman–Crippen LogP) is 0.621. The molecule has 0 unspecified atom stereocenters. The van der Waals surface area contributed by atoms with Crippen LogP contribution in [0, 0.1) is 6.92 Å². The van der Waals surface area contributed by atoms with Crippen LogP contribution in [0.15, 0.2) is 27.8 Å². The van der Waals surface area contributed by atoms with Crippen molar-refractivity contribution in [2.24, 2.45) is 0 Å². The van der Waals surface area contributed by atoms with Crippen LogP contribution in [-0.4, -0.2) is 25.0 Å². The molecule has 0 aliphatic carbocycles. The van der Waals surface area contributed by atoms with Gasteiger partial charge in [0.05, 0.1) is 5.56 Å². The van der Waals surface area contributed by atoms with Gasteiger partial charge in [-0.25, -0.2) is 9.78 Å². The minimum absolute atomic E-state index is 0.0836. The number of hydrogen-bond acceptors (Lipinski definition) is 4. The quantitative estimate of drug-likeness (QED) is 0.512. The molecule has 0 saturated heterocycles. The van der Waals surface area contributed by atoms with Crippen LogP contribution in [0.2, 0.25) is 0 Å². The van der Waals surface area contributed by atoms with Gasteiger partial charge in [0.15, 0.2) is 5.65 Å². The van der Waals surface area contributed by atoms with Crippen LogP contribution in [0.25, 0.3) is 22.6 Å². The monoisotopic (exact) mass is 258 g/mol.